The molecule has 0 aliphatic rings. The number of rotatable bonds is 4. The zero-order valence-electron chi connectivity index (χ0n) is 13.7. The van der Waals surface area contributed by atoms with E-state index in [9.17, 15) is 18.0 Å². The van der Waals surface area contributed by atoms with Crippen LogP contribution < -0.4 is 4.80 Å². The second kappa shape index (κ2) is 8.07. The molecule has 24 heavy (non-hydrogen) atoms. The topological polar surface area (TPSA) is 111 Å². The molecule has 0 unspecified atom stereocenters. The molecule has 9 nitrogen and oxygen atoms in total. The van der Waals surface area contributed by atoms with Gasteiger partial charge in [-0.15, -0.1) is 16.2 Å². The number of amides is 2. The summed E-state index contributed by atoms with van der Waals surface area (Å²) in [6, 6.07) is -0.676. The molecule has 0 aliphatic heterocycles. The summed E-state index contributed by atoms with van der Waals surface area (Å²) in [7, 11) is -0.793. The molecule has 132 valence electrons. The largest absolute Gasteiger partial charge is 0.438 e. The number of sulfone groups is 1. The van der Waals surface area contributed by atoms with E-state index in [2.05, 4.69) is 16.0 Å². The lowest BCUT2D eigenvalue weighted by atomic mass is 10.3. The van der Waals surface area contributed by atoms with Crippen molar-refractivity contribution in [2.24, 2.45) is 10.9 Å². The van der Waals surface area contributed by atoms with Gasteiger partial charge in [-0.2, -0.15) is 4.99 Å². The van der Waals surface area contributed by atoms with Gasteiger partial charge in [0.15, 0.2) is 6.61 Å². The highest BCUT2D eigenvalue weighted by Crippen LogP contribution is 2.14. The van der Waals surface area contributed by atoms with Crippen molar-refractivity contribution < 1.29 is 22.7 Å². The SMILES string of the molecule is C#CCOC(=O)n1nc(S(=O)(=O)CC(C)C)sc1=NC(=O)N(C)C. The third-order valence-electron chi connectivity index (χ3n) is 2.39. The Hall–Kier alpha value is -2.19. The van der Waals surface area contributed by atoms with Crippen molar-refractivity contribution in [3.63, 3.8) is 0 Å². The fourth-order valence-corrected chi connectivity index (χ4v) is 4.20. The summed E-state index contributed by atoms with van der Waals surface area (Å²) in [4.78, 5) is 28.3. The van der Waals surface area contributed by atoms with Crippen LogP contribution in [0, 0.1) is 18.3 Å². The molecule has 0 bridgehead atoms. The first-order valence-corrected chi connectivity index (χ1v) is 9.25. The number of nitrogens with zero attached hydrogens (tertiary/aromatic N) is 4. The Bertz CT molecular complexity index is 827. The van der Waals surface area contributed by atoms with E-state index in [0.29, 0.717) is 16.0 Å². The third-order valence-corrected chi connectivity index (χ3v) is 5.82. The van der Waals surface area contributed by atoms with Gasteiger partial charge in [-0.25, -0.2) is 18.0 Å². The molecule has 0 saturated heterocycles. The molecule has 0 aromatic carbocycles. The number of terminal acetylenes is 1. The van der Waals surface area contributed by atoms with Gasteiger partial charge >= 0.3 is 12.1 Å². The molecule has 0 N–H and O–H groups in total. The molecule has 0 saturated carbocycles. The highest BCUT2D eigenvalue weighted by Gasteiger charge is 2.25. The Labute approximate surface area is 143 Å². The Morgan fingerprint density at radius 3 is 2.58 bits per heavy atom. The normalized spacial score (nSPS) is 12.1. The molecule has 1 aromatic heterocycles. The maximum Gasteiger partial charge on any atom is 0.438 e. The van der Waals surface area contributed by atoms with Crippen molar-refractivity contribution in [3.05, 3.63) is 4.80 Å². The number of hydrogen-bond acceptors (Lipinski definition) is 7. The average molecular weight is 374 g/mol. The van der Waals surface area contributed by atoms with E-state index in [1.54, 1.807) is 13.8 Å². The average Bonchev–Trinajstić information content (AvgIpc) is 2.88. The summed E-state index contributed by atoms with van der Waals surface area (Å²) in [5.41, 5.74) is 0. The number of carbonyl (C=O) groups is 2. The van der Waals surface area contributed by atoms with Gasteiger partial charge in [-0.05, 0) is 5.92 Å². The monoisotopic (exact) mass is 374 g/mol. The fraction of sp³-hybridized carbons (Fsp3) is 0.538. The van der Waals surface area contributed by atoms with Crippen molar-refractivity contribution in [3.8, 4) is 12.3 Å². The van der Waals surface area contributed by atoms with Crippen molar-refractivity contribution in [1.82, 2.24) is 14.7 Å². The Balaban J connectivity index is 3.43. The Kier molecular flexibility index (Phi) is 6.68. The molecular weight excluding hydrogens is 356 g/mol. The zero-order chi connectivity index (χ0) is 18.5. The molecule has 0 fully saturated rings. The number of carbonyl (C=O) groups excluding carboxylic acids is 2. The molecular formula is C13H18N4O5S2. The van der Waals surface area contributed by atoms with Crippen LogP contribution in [0.15, 0.2) is 9.33 Å². The second-order valence-electron chi connectivity index (χ2n) is 5.29. The van der Waals surface area contributed by atoms with Gasteiger partial charge in [0.25, 0.3) is 0 Å². The van der Waals surface area contributed by atoms with Crippen LogP contribution in [0.2, 0.25) is 0 Å². The van der Waals surface area contributed by atoms with Gasteiger partial charge < -0.3 is 9.64 Å². The predicted molar refractivity (Wildman–Crippen MR) is 87.2 cm³/mol. The molecule has 0 aliphatic carbocycles. The lowest BCUT2D eigenvalue weighted by molar-refractivity contribution is 0.157. The molecule has 0 spiro atoms. The van der Waals surface area contributed by atoms with Gasteiger partial charge in [0, 0.05) is 14.1 Å². The molecule has 1 aromatic rings. The van der Waals surface area contributed by atoms with E-state index < -0.39 is 22.0 Å². The first-order chi connectivity index (χ1) is 11.1. The minimum atomic E-state index is -3.72. The molecule has 2 amide bonds. The first kappa shape index (κ1) is 19.9. The van der Waals surface area contributed by atoms with Crippen LogP contribution in [-0.4, -0.2) is 61.7 Å². The highest BCUT2D eigenvalue weighted by atomic mass is 32.2. The zero-order valence-corrected chi connectivity index (χ0v) is 15.3. The lowest BCUT2D eigenvalue weighted by Gasteiger charge is -2.04. The van der Waals surface area contributed by atoms with Gasteiger partial charge in [-0.1, -0.05) is 31.1 Å². The van der Waals surface area contributed by atoms with Crippen molar-refractivity contribution in [2.45, 2.75) is 18.2 Å². The lowest BCUT2D eigenvalue weighted by Crippen LogP contribution is -2.29. The summed E-state index contributed by atoms with van der Waals surface area (Å²) < 4.78 is 29.6. The van der Waals surface area contributed by atoms with E-state index in [-0.39, 0.29) is 27.4 Å². The molecule has 1 heterocycles. The Morgan fingerprint density at radius 2 is 2.08 bits per heavy atom. The highest BCUT2D eigenvalue weighted by molar-refractivity contribution is 7.93. The summed E-state index contributed by atoms with van der Waals surface area (Å²) in [5, 5.41) is 3.74. The molecule has 0 radical (unpaired) electrons. The predicted octanol–water partition coefficient (Wildman–Crippen LogP) is 0.575. The van der Waals surface area contributed by atoms with Crippen LogP contribution in [0.4, 0.5) is 9.59 Å². The number of aromatic nitrogens is 2. The van der Waals surface area contributed by atoms with Gasteiger partial charge in [0.05, 0.1) is 5.75 Å². The quantitative estimate of drug-likeness (QED) is 0.713. The van der Waals surface area contributed by atoms with Crippen LogP contribution in [0.25, 0.3) is 0 Å². The minimum Gasteiger partial charge on any atom is -0.435 e. The summed E-state index contributed by atoms with van der Waals surface area (Å²) >= 11 is 0.613. The van der Waals surface area contributed by atoms with Gasteiger partial charge in [0.2, 0.25) is 19.0 Å². The smallest absolute Gasteiger partial charge is 0.435 e. The van der Waals surface area contributed by atoms with Crippen LogP contribution in [0.3, 0.4) is 0 Å². The number of urea groups is 1. The van der Waals surface area contributed by atoms with E-state index in [4.69, 9.17) is 11.2 Å². The fourth-order valence-electron chi connectivity index (χ4n) is 1.44. The van der Waals surface area contributed by atoms with E-state index in [0.717, 1.165) is 0 Å². The van der Waals surface area contributed by atoms with E-state index >= 15 is 0 Å². The van der Waals surface area contributed by atoms with Crippen LogP contribution >= 0.6 is 11.3 Å². The van der Waals surface area contributed by atoms with Crippen LogP contribution in [0.5, 0.6) is 0 Å². The number of ether oxygens (including phenoxy) is 1. The van der Waals surface area contributed by atoms with Crippen LogP contribution in [-0.2, 0) is 14.6 Å². The maximum absolute atomic E-state index is 12.3. The molecule has 11 heteroatoms. The molecule has 1 rings (SSSR count). The second-order valence-corrected chi connectivity index (χ2v) is 8.45. The summed E-state index contributed by atoms with van der Waals surface area (Å²) in [5.74, 6) is 1.82. The van der Waals surface area contributed by atoms with Crippen LogP contribution in [0.1, 0.15) is 13.8 Å². The van der Waals surface area contributed by atoms with Gasteiger partial charge in [-0.3, -0.25) is 0 Å². The summed E-state index contributed by atoms with van der Waals surface area (Å²) in [6.07, 6.45) is 3.99. The van der Waals surface area contributed by atoms with Gasteiger partial charge in [0.1, 0.15) is 0 Å². The maximum atomic E-state index is 12.3. The first-order valence-electron chi connectivity index (χ1n) is 6.78. The number of hydrogen-bond donors (Lipinski definition) is 0. The van der Waals surface area contributed by atoms with Crippen molar-refractivity contribution >= 4 is 33.3 Å². The van der Waals surface area contributed by atoms with E-state index in [1.165, 1.54) is 19.0 Å². The van der Waals surface area contributed by atoms with Crippen molar-refractivity contribution in [2.75, 3.05) is 26.5 Å². The minimum absolute atomic E-state index is 0.135. The van der Waals surface area contributed by atoms with Crippen molar-refractivity contribution in [1.29, 1.82) is 0 Å². The standard InChI is InChI=1S/C13H18N4O5S2/c1-6-7-22-13(19)17-11(14-10(18)16(4)5)23-12(15-17)24(20,21)8-9(2)3/h1,9H,7-8H2,2-5H3. The Morgan fingerprint density at radius 1 is 1.46 bits per heavy atom. The third kappa shape index (κ3) is 5.17. The van der Waals surface area contributed by atoms with E-state index in [1.807, 2.05) is 0 Å². The molecule has 0 atom stereocenters. The summed E-state index contributed by atoms with van der Waals surface area (Å²) in [6.45, 7) is 3.15.